The first-order valence-corrected chi connectivity index (χ1v) is 7.71. The maximum Gasteiger partial charge on any atom is 0.248 e. The van der Waals surface area contributed by atoms with Crippen molar-refractivity contribution in [3.05, 3.63) is 78.6 Å². The van der Waals surface area contributed by atoms with E-state index in [0.717, 1.165) is 22.3 Å². The van der Waals surface area contributed by atoms with Gasteiger partial charge < -0.3 is 4.42 Å². The van der Waals surface area contributed by atoms with E-state index in [0.29, 0.717) is 11.8 Å². The van der Waals surface area contributed by atoms with Crippen molar-refractivity contribution in [1.29, 1.82) is 0 Å². The molecule has 24 heavy (non-hydrogen) atoms. The summed E-state index contributed by atoms with van der Waals surface area (Å²) in [6.07, 6.45) is 3.60. The number of hydrogen-bond acceptors (Lipinski definition) is 4. The molecule has 0 unspecified atom stereocenters. The smallest absolute Gasteiger partial charge is 0.248 e. The van der Waals surface area contributed by atoms with Crippen molar-refractivity contribution in [2.75, 3.05) is 0 Å². The number of hydrogen-bond donors (Lipinski definition) is 0. The van der Waals surface area contributed by atoms with Crippen molar-refractivity contribution in [1.82, 2.24) is 15.2 Å². The highest BCUT2D eigenvalue weighted by Gasteiger charge is 2.11. The van der Waals surface area contributed by atoms with Gasteiger partial charge in [-0.3, -0.25) is 4.98 Å². The molecule has 0 fully saturated rings. The lowest BCUT2D eigenvalue weighted by atomic mass is 10.1. The van der Waals surface area contributed by atoms with Crippen LogP contribution in [-0.2, 0) is 0 Å². The number of aryl methyl sites for hydroxylation is 1. The lowest BCUT2D eigenvalue weighted by Gasteiger charge is -2.02. The molecule has 2 heterocycles. The highest BCUT2D eigenvalue weighted by molar-refractivity contribution is 5.69. The molecule has 116 valence electrons. The first-order chi connectivity index (χ1) is 11.8. The third-order valence-electron chi connectivity index (χ3n) is 3.83. The van der Waals surface area contributed by atoms with Gasteiger partial charge in [0.2, 0.25) is 11.8 Å². The Kier molecular flexibility index (Phi) is 3.63. The van der Waals surface area contributed by atoms with Crippen LogP contribution in [0.15, 0.2) is 77.5 Å². The predicted molar refractivity (Wildman–Crippen MR) is 93.1 cm³/mol. The van der Waals surface area contributed by atoms with Crippen LogP contribution < -0.4 is 0 Å². The molecule has 2 aromatic carbocycles. The van der Waals surface area contributed by atoms with E-state index >= 15 is 0 Å². The van der Waals surface area contributed by atoms with E-state index < -0.39 is 0 Å². The van der Waals surface area contributed by atoms with Gasteiger partial charge in [-0.15, -0.1) is 10.2 Å². The monoisotopic (exact) mass is 313 g/mol. The molecule has 0 aliphatic rings. The van der Waals surface area contributed by atoms with Crippen LogP contribution in [0.4, 0.5) is 0 Å². The average molecular weight is 313 g/mol. The Morgan fingerprint density at radius 2 is 1.42 bits per heavy atom. The van der Waals surface area contributed by atoms with E-state index in [1.807, 2.05) is 73.8 Å². The molecular formula is C20H15N3O. The van der Waals surface area contributed by atoms with Gasteiger partial charge in [-0.25, -0.2) is 0 Å². The van der Waals surface area contributed by atoms with Crippen molar-refractivity contribution in [2.45, 2.75) is 6.92 Å². The van der Waals surface area contributed by atoms with E-state index in [4.69, 9.17) is 4.42 Å². The first kappa shape index (κ1) is 14.3. The zero-order valence-corrected chi connectivity index (χ0v) is 13.2. The lowest BCUT2D eigenvalue weighted by molar-refractivity contribution is 0.584. The van der Waals surface area contributed by atoms with E-state index in [1.54, 1.807) is 6.20 Å². The summed E-state index contributed by atoms with van der Waals surface area (Å²) in [5.74, 6) is 1.04. The Labute approximate surface area is 139 Å². The Morgan fingerprint density at radius 1 is 0.708 bits per heavy atom. The molecule has 0 N–H and O–H groups in total. The molecule has 4 aromatic rings. The zero-order valence-electron chi connectivity index (χ0n) is 13.2. The van der Waals surface area contributed by atoms with Gasteiger partial charge in [-0.1, -0.05) is 35.9 Å². The average Bonchev–Trinajstić information content (AvgIpc) is 3.13. The molecule has 4 nitrogen and oxygen atoms in total. The van der Waals surface area contributed by atoms with Crippen molar-refractivity contribution in [3.8, 4) is 34.0 Å². The maximum absolute atomic E-state index is 5.85. The van der Waals surface area contributed by atoms with E-state index in [-0.39, 0.29) is 0 Å². The molecule has 0 aliphatic heterocycles. The standard InChI is InChI=1S/C20H15N3O/c1-14-7-9-15(10-8-14)19-22-23-20(24-19)17-5-2-4-16(12-17)18-6-3-11-21-13-18/h2-13H,1H3. The van der Waals surface area contributed by atoms with Gasteiger partial charge in [-0.05, 0) is 42.8 Å². The van der Waals surface area contributed by atoms with Crippen LogP contribution in [0.3, 0.4) is 0 Å². The second-order valence-electron chi connectivity index (χ2n) is 5.60. The molecule has 4 heteroatoms. The van der Waals surface area contributed by atoms with Crippen LogP contribution in [0.2, 0.25) is 0 Å². The molecule has 2 aromatic heterocycles. The van der Waals surface area contributed by atoms with Gasteiger partial charge in [0.15, 0.2) is 0 Å². The van der Waals surface area contributed by atoms with E-state index in [1.165, 1.54) is 5.56 Å². The Hall–Kier alpha value is -3.27. The van der Waals surface area contributed by atoms with Gasteiger partial charge in [0.05, 0.1) is 0 Å². The zero-order chi connectivity index (χ0) is 16.4. The minimum absolute atomic E-state index is 0.510. The summed E-state index contributed by atoms with van der Waals surface area (Å²) >= 11 is 0. The molecule has 0 amide bonds. The fourth-order valence-corrected chi connectivity index (χ4v) is 2.52. The van der Waals surface area contributed by atoms with Gasteiger partial charge >= 0.3 is 0 Å². The number of benzene rings is 2. The summed E-state index contributed by atoms with van der Waals surface area (Å²) in [5.41, 5.74) is 5.13. The van der Waals surface area contributed by atoms with Crippen molar-refractivity contribution >= 4 is 0 Å². The fourth-order valence-electron chi connectivity index (χ4n) is 2.52. The lowest BCUT2D eigenvalue weighted by Crippen LogP contribution is -1.82. The third-order valence-corrected chi connectivity index (χ3v) is 3.83. The molecule has 0 bridgehead atoms. The predicted octanol–water partition coefficient (Wildman–Crippen LogP) is 4.77. The second kappa shape index (κ2) is 6.08. The Bertz CT molecular complexity index is 960. The minimum atomic E-state index is 0.510. The summed E-state index contributed by atoms with van der Waals surface area (Å²) in [6, 6.07) is 20.0. The van der Waals surface area contributed by atoms with Gasteiger partial charge in [-0.2, -0.15) is 0 Å². The van der Waals surface area contributed by atoms with Crippen LogP contribution in [0.1, 0.15) is 5.56 Å². The summed E-state index contributed by atoms with van der Waals surface area (Å²) in [6.45, 7) is 2.05. The Balaban J connectivity index is 1.69. The topological polar surface area (TPSA) is 51.8 Å². The van der Waals surface area contributed by atoms with Gasteiger partial charge in [0.1, 0.15) is 0 Å². The van der Waals surface area contributed by atoms with Crippen LogP contribution in [0.25, 0.3) is 34.0 Å². The maximum atomic E-state index is 5.85. The van der Waals surface area contributed by atoms with Crippen molar-refractivity contribution in [2.24, 2.45) is 0 Å². The largest absolute Gasteiger partial charge is 0.416 e. The second-order valence-corrected chi connectivity index (χ2v) is 5.60. The highest BCUT2D eigenvalue weighted by atomic mass is 16.4. The molecule has 0 saturated carbocycles. The highest BCUT2D eigenvalue weighted by Crippen LogP contribution is 2.27. The minimum Gasteiger partial charge on any atom is -0.416 e. The van der Waals surface area contributed by atoms with Crippen molar-refractivity contribution in [3.63, 3.8) is 0 Å². The number of rotatable bonds is 3. The van der Waals surface area contributed by atoms with Gasteiger partial charge in [0.25, 0.3) is 0 Å². The fraction of sp³-hybridized carbons (Fsp3) is 0.0500. The summed E-state index contributed by atoms with van der Waals surface area (Å²) in [5, 5.41) is 8.35. The molecule has 0 saturated heterocycles. The van der Waals surface area contributed by atoms with Crippen LogP contribution in [0.5, 0.6) is 0 Å². The first-order valence-electron chi connectivity index (χ1n) is 7.71. The normalized spacial score (nSPS) is 10.7. The summed E-state index contributed by atoms with van der Waals surface area (Å²) < 4.78 is 5.85. The molecule has 0 aliphatic carbocycles. The Morgan fingerprint density at radius 3 is 2.17 bits per heavy atom. The van der Waals surface area contributed by atoms with E-state index in [9.17, 15) is 0 Å². The SMILES string of the molecule is Cc1ccc(-c2nnc(-c3cccc(-c4cccnc4)c3)o2)cc1. The van der Waals surface area contributed by atoms with Crippen molar-refractivity contribution < 1.29 is 4.42 Å². The molecule has 0 atom stereocenters. The number of pyridine rings is 1. The molecule has 4 rings (SSSR count). The van der Waals surface area contributed by atoms with Gasteiger partial charge in [0, 0.05) is 29.1 Å². The quantitative estimate of drug-likeness (QED) is 0.546. The summed E-state index contributed by atoms with van der Waals surface area (Å²) in [7, 11) is 0. The van der Waals surface area contributed by atoms with Crippen LogP contribution in [0, 0.1) is 6.92 Å². The third kappa shape index (κ3) is 2.82. The summed E-state index contributed by atoms with van der Waals surface area (Å²) in [4.78, 5) is 4.16. The number of aromatic nitrogens is 3. The van der Waals surface area contributed by atoms with Crippen LogP contribution >= 0.6 is 0 Å². The molecule has 0 radical (unpaired) electrons. The van der Waals surface area contributed by atoms with Crippen LogP contribution in [-0.4, -0.2) is 15.2 Å². The number of nitrogens with zero attached hydrogens (tertiary/aromatic N) is 3. The molecule has 0 spiro atoms. The molecular weight excluding hydrogens is 298 g/mol. The van der Waals surface area contributed by atoms with E-state index in [2.05, 4.69) is 15.2 Å².